The lowest BCUT2D eigenvalue weighted by Gasteiger charge is -2.35. The van der Waals surface area contributed by atoms with Crippen molar-refractivity contribution in [2.24, 2.45) is 11.8 Å². The molecule has 1 fully saturated rings. The summed E-state index contributed by atoms with van der Waals surface area (Å²) >= 11 is 0. The Kier molecular flexibility index (Phi) is 4.63. The minimum atomic E-state index is -3.93. The van der Waals surface area contributed by atoms with Gasteiger partial charge < -0.3 is 4.90 Å². The number of carbonyl (C=O) groups excluding carboxylic acids is 1. The largest absolute Gasteiger partial charge is 0.338 e. The summed E-state index contributed by atoms with van der Waals surface area (Å²) < 4.78 is 23.3. The predicted molar refractivity (Wildman–Crippen MR) is 83.1 cm³/mol. The van der Waals surface area contributed by atoms with Crippen LogP contribution in [0.25, 0.3) is 0 Å². The van der Waals surface area contributed by atoms with Gasteiger partial charge in [0.1, 0.15) is 0 Å². The smallest absolute Gasteiger partial charge is 0.262 e. The van der Waals surface area contributed by atoms with Crippen molar-refractivity contribution < 1.29 is 13.2 Å². The van der Waals surface area contributed by atoms with E-state index in [0.29, 0.717) is 24.9 Å². The van der Waals surface area contributed by atoms with Crippen molar-refractivity contribution in [3.05, 3.63) is 29.3 Å². The van der Waals surface area contributed by atoms with Gasteiger partial charge in [0.2, 0.25) is 0 Å². The molecule has 1 aromatic rings. The number of nitrogens with zero attached hydrogens (tertiary/aromatic N) is 1. The molecule has 2 rings (SSSR count). The van der Waals surface area contributed by atoms with E-state index < -0.39 is 9.05 Å². The fraction of sp³-hybridized carbons (Fsp3) is 0.533. The first-order valence-corrected chi connectivity index (χ1v) is 9.35. The van der Waals surface area contributed by atoms with Crippen molar-refractivity contribution in [2.45, 2.75) is 32.1 Å². The summed E-state index contributed by atoms with van der Waals surface area (Å²) in [5, 5.41) is 0. The maximum atomic E-state index is 12.7. The highest BCUT2D eigenvalue weighted by molar-refractivity contribution is 8.13. The summed E-state index contributed by atoms with van der Waals surface area (Å²) in [5.74, 6) is 0.725. The van der Waals surface area contributed by atoms with E-state index in [0.717, 1.165) is 12.0 Å². The lowest BCUT2D eigenvalue weighted by Crippen LogP contribution is -2.42. The van der Waals surface area contributed by atoms with Gasteiger partial charge in [0, 0.05) is 23.8 Å². The molecule has 21 heavy (non-hydrogen) atoms. The maximum absolute atomic E-state index is 12.7. The first-order valence-electron chi connectivity index (χ1n) is 7.04. The van der Waals surface area contributed by atoms with E-state index in [1.807, 2.05) is 6.92 Å². The number of carbonyl (C=O) groups is 1. The maximum Gasteiger partial charge on any atom is 0.262 e. The Hall–Kier alpha value is -1.07. The Bertz CT molecular complexity index is 657. The fourth-order valence-corrected chi connectivity index (χ4v) is 3.68. The monoisotopic (exact) mass is 329 g/mol. The Morgan fingerprint density at radius 1 is 1.29 bits per heavy atom. The number of rotatable bonds is 2. The number of aryl methyl sites for hydroxylation is 1. The summed E-state index contributed by atoms with van der Waals surface area (Å²) in [6.45, 7) is 7.41. The quantitative estimate of drug-likeness (QED) is 0.784. The van der Waals surface area contributed by atoms with Gasteiger partial charge >= 0.3 is 0 Å². The minimum absolute atomic E-state index is 0.106. The summed E-state index contributed by atoms with van der Waals surface area (Å²) in [7, 11) is 1.52. The van der Waals surface area contributed by atoms with Crippen LogP contribution in [0.15, 0.2) is 23.1 Å². The Balaban J connectivity index is 2.37. The fourth-order valence-electron chi connectivity index (χ4n) is 2.64. The SMILES string of the molecule is Cc1ccc(S(=O)(=O)Cl)c(C(=O)N2CCC(C)C(C)C2)c1. The van der Waals surface area contributed by atoms with Crippen LogP contribution in [0.2, 0.25) is 0 Å². The van der Waals surface area contributed by atoms with Crippen molar-refractivity contribution in [2.75, 3.05) is 13.1 Å². The molecule has 0 N–H and O–H groups in total. The Labute approximate surface area is 130 Å². The average Bonchev–Trinajstić information content (AvgIpc) is 2.39. The van der Waals surface area contributed by atoms with Crippen molar-refractivity contribution in [1.29, 1.82) is 0 Å². The van der Waals surface area contributed by atoms with Crippen molar-refractivity contribution in [1.82, 2.24) is 4.90 Å². The molecular weight excluding hydrogens is 310 g/mol. The van der Waals surface area contributed by atoms with Crippen LogP contribution in [-0.4, -0.2) is 32.3 Å². The molecule has 0 saturated carbocycles. The van der Waals surface area contributed by atoms with Gasteiger partial charge in [-0.1, -0.05) is 25.5 Å². The summed E-state index contributed by atoms with van der Waals surface area (Å²) in [6, 6.07) is 4.65. The lowest BCUT2D eigenvalue weighted by atomic mass is 9.88. The minimum Gasteiger partial charge on any atom is -0.338 e. The molecule has 0 aliphatic carbocycles. The zero-order chi connectivity index (χ0) is 15.8. The van der Waals surface area contributed by atoms with Crippen LogP contribution in [-0.2, 0) is 9.05 Å². The molecule has 2 atom stereocenters. The van der Waals surface area contributed by atoms with Crippen molar-refractivity contribution in [3.63, 3.8) is 0 Å². The second-order valence-electron chi connectivity index (χ2n) is 5.93. The van der Waals surface area contributed by atoms with Gasteiger partial charge in [0.25, 0.3) is 15.0 Å². The number of piperidine rings is 1. The van der Waals surface area contributed by atoms with E-state index in [9.17, 15) is 13.2 Å². The molecule has 116 valence electrons. The number of amides is 1. The predicted octanol–water partition coefficient (Wildman–Crippen LogP) is 3.04. The zero-order valence-corrected chi connectivity index (χ0v) is 14.0. The Morgan fingerprint density at radius 2 is 1.95 bits per heavy atom. The van der Waals surface area contributed by atoms with Gasteiger partial charge in [-0.2, -0.15) is 0 Å². The molecule has 0 aromatic heterocycles. The lowest BCUT2D eigenvalue weighted by molar-refractivity contribution is 0.0623. The second-order valence-corrected chi connectivity index (χ2v) is 8.47. The second kappa shape index (κ2) is 5.97. The van der Waals surface area contributed by atoms with E-state index in [-0.39, 0.29) is 16.4 Å². The standard InChI is InChI=1S/C15H20ClNO3S/c1-10-4-5-14(21(16,19)20)13(8-10)15(18)17-7-6-11(2)12(3)9-17/h4-5,8,11-12H,6-7,9H2,1-3H3. The van der Waals surface area contributed by atoms with Crippen molar-refractivity contribution in [3.8, 4) is 0 Å². The molecule has 2 unspecified atom stereocenters. The topological polar surface area (TPSA) is 54.5 Å². The van der Waals surface area contributed by atoms with Crippen LogP contribution in [0.1, 0.15) is 36.2 Å². The Morgan fingerprint density at radius 3 is 2.52 bits per heavy atom. The molecule has 1 aliphatic heterocycles. The summed E-state index contributed by atoms with van der Waals surface area (Å²) in [5.41, 5.74) is 1.01. The van der Waals surface area contributed by atoms with Crippen LogP contribution in [0.5, 0.6) is 0 Å². The van der Waals surface area contributed by atoms with Gasteiger partial charge in [0.05, 0.1) is 10.5 Å². The molecule has 0 radical (unpaired) electrons. The molecule has 1 amide bonds. The van der Waals surface area contributed by atoms with Crippen LogP contribution in [0.3, 0.4) is 0 Å². The van der Waals surface area contributed by atoms with Gasteiger partial charge in [0.15, 0.2) is 0 Å². The number of likely N-dealkylation sites (tertiary alicyclic amines) is 1. The van der Waals surface area contributed by atoms with Gasteiger partial charge in [-0.3, -0.25) is 4.79 Å². The van der Waals surface area contributed by atoms with Gasteiger partial charge in [-0.05, 0) is 37.3 Å². The average molecular weight is 330 g/mol. The molecule has 0 bridgehead atoms. The molecule has 1 saturated heterocycles. The molecule has 1 aliphatic rings. The van der Waals surface area contributed by atoms with Crippen LogP contribution < -0.4 is 0 Å². The van der Waals surface area contributed by atoms with E-state index >= 15 is 0 Å². The highest BCUT2D eigenvalue weighted by atomic mass is 35.7. The number of hydrogen-bond acceptors (Lipinski definition) is 3. The highest BCUT2D eigenvalue weighted by Crippen LogP contribution is 2.27. The molecule has 4 nitrogen and oxygen atoms in total. The molecule has 1 heterocycles. The third-order valence-electron chi connectivity index (χ3n) is 4.25. The van der Waals surface area contributed by atoms with E-state index in [2.05, 4.69) is 13.8 Å². The van der Waals surface area contributed by atoms with Crippen LogP contribution in [0, 0.1) is 18.8 Å². The van der Waals surface area contributed by atoms with Gasteiger partial charge in [-0.15, -0.1) is 0 Å². The first kappa shape index (κ1) is 16.3. The van der Waals surface area contributed by atoms with Crippen LogP contribution in [0.4, 0.5) is 0 Å². The number of hydrogen-bond donors (Lipinski definition) is 0. The van der Waals surface area contributed by atoms with Gasteiger partial charge in [-0.25, -0.2) is 8.42 Å². The number of benzene rings is 1. The molecule has 1 aromatic carbocycles. The normalized spacial score (nSPS) is 23.1. The zero-order valence-electron chi connectivity index (χ0n) is 12.5. The van der Waals surface area contributed by atoms with E-state index in [1.54, 1.807) is 17.0 Å². The molecule has 6 heteroatoms. The first-order chi connectivity index (χ1) is 9.70. The van der Waals surface area contributed by atoms with E-state index in [1.165, 1.54) is 6.07 Å². The van der Waals surface area contributed by atoms with E-state index in [4.69, 9.17) is 10.7 Å². The van der Waals surface area contributed by atoms with Crippen LogP contribution >= 0.6 is 10.7 Å². The summed E-state index contributed by atoms with van der Waals surface area (Å²) in [6.07, 6.45) is 0.932. The third kappa shape index (κ3) is 3.58. The van der Waals surface area contributed by atoms with Crippen molar-refractivity contribution >= 4 is 25.6 Å². The molecule has 0 spiro atoms. The molecular formula is C15H20ClNO3S. The number of halogens is 1. The highest BCUT2D eigenvalue weighted by Gasteiger charge is 2.29. The third-order valence-corrected chi connectivity index (χ3v) is 5.63. The summed E-state index contributed by atoms with van der Waals surface area (Å²) in [4.78, 5) is 14.3.